The summed E-state index contributed by atoms with van der Waals surface area (Å²) in [5, 5.41) is -2.78. The maximum absolute atomic E-state index is 15.0. The van der Waals surface area contributed by atoms with E-state index in [0.29, 0.717) is 35.8 Å². The van der Waals surface area contributed by atoms with E-state index < -0.39 is 10.0 Å². The van der Waals surface area contributed by atoms with E-state index in [1.807, 2.05) is 0 Å². The zero-order chi connectivity index (χ0) is 14.4. The number of hydrogen-bond donors (Lipinski definition) is 0. The van der Waals surface area contributed by atoms with Crippen molar-refractivity contribution < 1.29 is 8.78 Å². The molecule has 2 heterocycles. The molecule has 1 radical (unpaired) electrons. The average Bonchev–Trinajstić information content (AvgIpc) is 2.95. The molecule has 3 rings (SSSR count). The number of thioether (sulfide) groups is 2. The minimum Gasteiger partial charge on any atom is -0.227 e. The van der Waals surface area contributed by atoms with Crippen molar-refractivity contribution in [2.24, 2.45) is 11.8 Å². The first kappa shape index (κ1) is 14.7. The molecule has 1 aromatic rings. The second-order valence-corrected chi connectivity index (χ2v) is 8.71. The third-order valence-corrected chi connectivity index (χ3v) is 7.17. The summed E-state index contributed by atoms with van der Waals surface area (Å²) in [7, 11) is 0. The van der Waals surface area contributed by atoms with Gasteiger partial charge < -0.3 is 0 Å². The maximum atomic E-state index is 15.0. The van der Waals surface area contributed by atoms with Gasteiger partial charge in [-0.1, -0.05) is 32.0 Å². The molecule has 1 aromatic carbocycles. The van der Waals surface area contributed by atoms with Crippen LogP contribution in [0.3, 0.4) is 0 Å². The Morgan fingerprint density at radius 2 is 1.45 bits per heavy atom. The lowest BCUT2D eigenvalue weighted by molar-refractivity contribution is 0.255. The van der Waals surface area contributed by atoms with Crippen molar-refractivity contribution >= 4 is 23.5 Å². The number of alkyl halides is 2. The Kier molecular flexibility index (Phi) is 3.83. The lowest BCUT2D eigenvalue weighted by Crippen LogP contribution is -2.17. The topological polar surface area (TPSA) is 0 Å². The molecule has 20 heavy (non-hydrogen) atoms. The van der Waals surface area contributed by atoms with Crippen molar-refractivity contribution in [3.8, 4) is 0 Å². The Morgan fingerprint density at radius 3 is 1.80 bits per heavy atom. The van der Waals surface area contributed by atoms with Gasteiger partial charge in [-0.25, -0.2) is 8.78 Å². The van der Waals surface area contributed by atoms with Crippen molar-refractivity contribution in [2.75, 3.05) is 11.5 Å². The molecule has 0 aliphatic carbocycles. The molecule has 4 unspecified atom stereocenters. The van der Waals surface area contributed by atoms with Crippen molar-refractivity contribution in [1.82, 2.24) is 0 Å². The summed E-state index contributed by atoms with van der Waals surface area (Å²) in [6, 6.07) is 8.34. The van der Waals surface area contributed by atoms with Crippen LogP contribution in [0.15, 0.2) is 18.2 Å². The van der Waals surface area contributed by atoms with E-state index in [0.717, 1.165) is 11.5 Å². The van der Waals surface area contributed by atoms with Gasteiger partial charge in [0.1, 0.15) is 0 Å². The zero-order valence-electron chi connectivity index (χ0n) is 11.8. The molecule has 2 fully saturated rings. The first-order valence-corrected chi connectivity index (χ1v) is 9.07. The standard InChI is InChI=1S/C16H19F2S2/c1-11-7-15(17,19-9-11)13-4-3-5-14(6-13)16(18)8-12(2)10-20-16/h3-5,11-12H,7-10H2,1-2H3. The van der Waals surface area contributed by atoms with E-state index in [1.165, 1.54) is 23.5 Å². The molecule has 109 valence electrons. The minimum atomic E-state index is -1.39. The molecule has 2 saturated heterocycles. The first-order chi connectivity index (χ1) is 9.41. The van der Waals surface area contributed by atoms with Crippen LogP contribution in [0.5, 0.6) is 0 Å². The molecule has 0 bridgehead atoms. The van der Waals surface area contributed by atoms with Gasteiger partial charge in [0.2, 0.25) is 0 Å². The predicted octanol–water partition coefficient (Wildman–Crippen LogP) is 5.28. The molecular formula is C16H19F2S2. The molecule has 2 aliphatic rings. The lowest BCUT2D eigenvalue weighted by atomic mass is 9.95. The van der Waals surface area contributed by atoms with Crippen LogP contribution in [0.25, 0.3) is 0 Å². The summed E-state index contributed by atoms with van der Waals surface area (Å²) in [5.74, 6) is 2.37. The number of rotatable bonds is 2. The fourth-order valence-corrected chi connectivity index (χ4v) is 5.65. The Hall–Kier alpha value is -0.220. The third-order valence-electron chi connectivity index (χ3n) is 4.01. The first-order valence-electron chi connectivity index (χ1n) is 7.10. The van der Waals surface area contributed by atoms with E-state index in [1.54, 1.807) is 18.2 Å². The summed E-state index contributed by atoms with van der Waals surface area (Å²) < 4.78 is 29.9. The summed E-state index contributed by atoms with van der Waals surface area (Å²) in [5.41, 5.74) is 1.03. The fraction of sp³-hybridized carbons (Fsp3) is 0.625. The van der Waals surface area contributed by atoms with Gasteiger partial charge in [0.25, 0.3) is 0 Å². The van der Waals surface area contributed by atoms with E-state index in [-0.39, 0.29) is 0 Å². The van der Waals surface area contributed by atoms with Gasteiger partial charge in [-0.2, -0.15) is 0 Å². The smallest absolute Gasteiger partial charge is 0.182 e. The third kappa shape index (κ3) is 2.61. The molecule has 4 heteroatoms. The predicted molar refractivity (Wildman–Crippen MR) is 83.3 cm³/mol. The van der Waals surface area contributed by atoms with Gasteiger partial charge in [0.15, 0.2) is 10.0 Å². The van der Waals surface area contributed by atoms with Crippen LogP contribution in [-0.2, 0) is 10.0 Å². The Morgan fingerprint density at radius 1 is 1.00 bits per heavy atom. The Balaban J connectivity index is 1.90. The highest BCUT2D eigenvalue weighted by Crippen LogP contribution is 2.53. The van der Waals surface area contributed by atoms with Crippen LogP contribution >= 0.6 is 23.5 Å². The molecule has 4 atom stereocenters. The minimum absolute atomic E-state index is 0.363. The lowest BCUT2D eigenvalue weighted by Gasteiger charge is -2.23. The molecule has 0 spiro atoms. The van der Waals surface area contributed by atoms with Crippen LogP contribution < -0.4 is 0 Å². The largest absolute Gasteiger partial charge is 0.227 e. The molecule has 0 amide bonds. The highest BCUT2D eigenvalue weighted by atomic mass is 32.2. The van der Waals surface area contributed by atoms with Crippen molar-refractivity contribution in [3.05, 3.63) is 35.4 Å². The fourth-order valence-electron chi connectivity index (χ4n) is 2.96. The number of halogens is 2. The SMILES string of the molecule is CC1CSC(F)(c2[c]c(C3(F)CC(C)CS3)ccc2)C1. The van der Waals surface area contributed by atoms with Gasteiger partial charge in [-0.3, -0.25) is 0 Å². The molecule has 0 aromatic heterocycles. The summed E-state index contributed by atoms with van der Waals surface area (Å²) in [6.45, 7) is 4.12. The molecule has 0 N–H and O–H groups in total. The number of hydrogen-bond acceptors (Lipinski definition) is 2. The molecule has 0 nitrogen and oxygen atoms in total. The summed E-state index contributed by atoms with van der Waals surface area (Å²) in [4.78, 5) is 0. The van der Waals surface area contributed by atoms with Crippen LogP contribution in [-0.4, -0.2) is 11.5 Å². The maximum Gasteiger partial charge on any atom is 0.182 e. The Bertz CT molecular complexity index is 466. The molecular weight excluding hydrogens is 294 g/mol. The van der Waals surface area contributed by atoms with Gasteiger partial charge in [0, 0.05) is 11.1 Å². The quantitative estimate of drug-likeness (QED) is 0.729. The normalized spacial score (nSPS) is 41.2. The van der Waals surface area contributed by atoms with Crippen LogP contribution in [0.2, 0.25) is 0 Å². The molecule has 2 aliphatic heterocycles. The summed E-state index contributed by atoms with van der Waals surface area (Å²) >= 11 is 2.66. The van der Waals surface area contributed by atoms with Crippen LogP contribution in [0, 0.1) is 17.9 Å². The van der Waals surface area contributed by atoms with Crippen molar-refractivity contribution in [3.63, 3.8) is 0 Å². The monoisotopic (exact) mass is 313 g/mol. The Labute approximate surface area is 128 Å². The number of benzene rings is 1. The molecule has 0 saturated carbocycles. The second-order valence-electron chi connectivity index (χ2n) is 6.18. The van der Waals surface area contributed by atoms with Crippen molar-refractivity contribution in [2.45, 2.75) is 36.7 Å². The zero-order valence-corrected chi connectivity index (χ0v) is 13.4. The van der Waals surface area contributed by atoms with Gasteiger partial charge in [-0.15, -0.1) is 23.5 Å². The van der Waals surface area contributed by atoms with Crippen molar-refractivity contribution in [1.29, 1.82) is 0 Å². The van der Waals surface area contributed by atoms with Crippen LogP contribution in [0.4, 0.5) is 8.78 Å². The highest BCUT2D eigenvalue weighted by Gasteiger charge is 2.44. The average molecular weight is 313 g/mol. The van der Waals surface area contributed by atoms with E-state index in [4.69, 9.17) is 0 Å². The van der Waals surface area contributed by atoms with E-state index in [9.17, 15) is 8.78 Å². The van der Waals surface area contributed by atoms with Gasteiger partial charge >= 0.3 is 0 Å². The van der Waals surface area contributed by atoms with E-state index >= 15 is 0 Å². The van der Waals surface area contributed by atoms with E-state index in [2.05, 4.69) is 19.9 Å². The second kappa shape index (κ2) is 5.20. The highest BCUT2D eigenvalue weighted by molar-refractivity contribution is 8.00. The van der Waals surface area contributed by atoms with Crippen LogP contribution in [0.1, 0.15) is 37.8 Å². The van der Waals surface area contributed by atoms with Gasteiger partial charge in [0.05, 0.1) is 0 Å². The summed E-state index contributed by atoms with van der Waals surface area (Å²) in [6.07, 6.45) is 1.00. The van der Waals surface area contributed by atoms with Gasteiger partial charge in [-0.05, 0) is 42.2 Å².